The molecule has 20 heavy (non-hydrogen) atoms. The van der Waals surface area contributed by atoms with E-state index in [9.17, 15) is 9.90 Å². The van der Waals surface area contributed by atoms with Crippen molar-refractivity contribution in [1.82, 2.24) is 9.88 Å². The fraction of sp³-hybridized carbons (Fsp3) is 0.333. The first kappa shape index (κ1) is 13.1. The van der Waals surface area contributed by atoms with Crippen LogP contribution in [0.4, 0.5) is 0 Å². The highest BCUT2D eigenvalue weighted by Crippen LogP contribution is 2.26. The summed E-state index contributed by atoms with van der Waals surface area (Å²) in [7, 11) is 0. The minimum atomic E-state index is 0.0270. The van der Waals surface area contributed by atoms with Gasteiger partial charge in [-0.05, 0) is 37.6 Å². The fourth-order valence-corrected chi connectivity index (χ4v) is 3.55. The zero-order valence-electron chi connectivity index (χ0n) is 11.5. The maximum Gasteiger partial charge on any atom is 0.254 e. The van der Waals surface area contributed by atoms with E-state index < -0.39 is 0 Å². The molecule has 1 aliphatic rings. The zero-order valence-corrected chi connectivity index (χ0v) is 12.3. The topological polar surface area (TPSA) is 53.4 Å². The molecule has 1 aromatic carbocycles. The molecule has 0 aliphatic carbocycles. The van der Waals surface area contributed by atoms with Gasteiger partial charge in [0.2, 0.25) is 0 Å². The van der Waals surface area contributed by atoms with Gasteiger partial charge in [-0.2, -0.15) is 0 Å². The summed E-state index contributed by atoms with van der Waals surface area (Å²) >= 11 is 1.67. The van der Waals surface area contributed by atoms with Gasteiger partial charge in [-0.1, -0.05) is 0 Å². The Balaban J connectivity index is 1.85. The van der Waals surface area contributed by atoms with Crippen LogP contribution in [0.2, 0.25) is 0 Å². The fourth-order valence-electron chi connectivity index (χ4n) is 2.56. The number of fused-ring (bicyclic) bond motifs is 1. The molecule has 104 valence electrons. The third kappa shape index (κ3) is 2.29. The Morgan fingerprint density at radius 3 is 2.95 bits per heavy atom. The zero-order chi connectivity index (χ0) is 14.3. The number of hydrogen-bond acceptors (Lipinski definition) is 4. The van der Waals surface area contributed by atoms with Crippen LogP contribution >= 0.6 is 11.3 Å². The van der Waals surface area contributed by atoms with Gasteiger partial charge in [-0.15, -0.1) is 11.3 Å². The lowest BCUT2D eigenvalue weighted by Gasteiger charge is -2.26. The third-order valence-corrected chi connectivity index (χ3v) is 4.56. The quantitative estimate of drug-likeness (QED) is 0.877. The molecular formula is C15H16N2O2S. The largest absolute Gasteiger partial charge is 0.508 e. The number of nitrogens with zero attached hydrogens (tertiary/aromatic N) is 2. The number of carbonyl (C=O) groups excluding carboxylic acids is 1. The number of amides is 1. The SMILES string of the molecule is Cc1nc2c(s1)CN(C(=O)c1ccc(O)cc1C)CC2. The predicted octanol–water partition coefficient (Wildman–Crippen LogP) is 2.66. The number of thiazole rings is 1. The molecule has 2 aromatic rings. The van der Waals surface area contributed by atoms with Crippen molar-refractivity contribution in [2.45, 2.75) is 26.8 Å². The van der Waals surface area contributed by atoms with Gasteiger partial charge in [0.1, 0.15) is 5.75 Å². The van der Waals surface area contributed by atoms with E-state index >= 15 is 0 Å². The highest BCUT2D eigenvalue weighted by molar-refractivity contribution is 7.11. The lowest BCUT2D eigenvalue weighted by molar-refractivity contribution is 0.0735. The van der Waals surface area contributed by atoms with E-state index in [1.807, 2.05) is 18.7 Å². The summed E-state index contributed by atoms with van der Waals surface area (Å²) in [5, 5.41) is 10.5. The van der Waals surface area contributed by atoms with Crippen molar-refractivity contribution in [2.24, 2.45) is 0 Å². The molecule has 5 heteroatoms. The van der Waals surface area contributed by atoms with E-state index in [0.717, 1.165) is 22.7 Å². The van der Waals surface area contributed by atoms with Crippen molar-refractivity contribution in [1.29, 1.82) is 0 Å². The predicted molar refractivity (Wildman–Crippen MR) is 78.1 cm³/mol. The minimum absolute atomic E-state index is 0.0270. The Labute approximate surface area is 121 Å². The minimum Gasteiger partial charge on any atom is -0.508 e. The van der Waals surface area contributed by atoms with Gasteiger partial charge in [0, 0.05) is 23.4 Å². The van der Waals surface area contributed by atoms with Crippen molar-refractivity contribution in [3.63, 3.8) is 0 Å². The number of hydrogen-bond donors (Lipinski definition) is 1. The van der Waals surface area contributed by atoms with Gasteiger partial charge < -0.3 is 10.0 Å². The van der Waals surface area contributed by atoms with Gasteiger partial charge in [0.15, 0.2) is 0 Å². The van der Waals surface area contributed by atoms with E-state index in [4.69, 9.17) is 0 Å². The summed E-state index contributed by atoms with van der Waals surface area (Å²) in [4.78, 5) is 20.1. The van der Waals surface area contributed by atoms with Crippen molar-refractivity contribution in [3.05, 3.63) is 44.9 Å². The monoisotopic (exact) mass is 288 g/mol. The second-order valence-corrected chi connectivity index (χ2v) is 6.37. The number of carbonyl (C=O) groups is 1. The van der Waals surface area contributed by atoms with Crippen LogP contribution in [0, 0.1) is 13.8 Å². The van der Waals surface area contributed by atoms with Gasteiger partial charge in [0.05, 0.1) is 17.2 Å². The molecule has 2 heterocycles. The summed E-state index contributed by atoms with van der Waals surface area (Å²) in [6.07, 6.45) is 0.822. The van der Waals surface area contributed by atoms with Gasteiger partial charge in [0.25, 0.3) is 5.91 Å². The van der Waals surface area contributed by atoms with E-state index in [2.05, 4.69) is 4.98 Å². The van der Waals surface area contributed by atoms with Crippen molar-refractivity contribution >= 4 is 17.2 Å². The molecule has 0 saturated carbocycles. The number of rotatable bonds is 1. The Hall–Kier alpha value is -1.88. The Morgan fingerprint density at radius 2 is 2.20 bits per heavy atom. The maximum atomic E-state index is 12.6. The summed E-state index contributed by atoms with van der Waals surface area (Å²) in [6, 6.07) is 4.88. The highest BCUT2D eigenvalue weighted by atomic mass is 32.1. The standard InChI is InChI=1S/C15H16N2O2S/c1-9-7-11(18)3-4-12(9)15(19)17-6-5-13-14(8-17)20-10(2)16-13/h3-4,7,18H,5-6,8H2,1-2H3. The second kappa shape index (κ2) is 4.90. The highest BCUT2D eigenvalue weighted by Gasteiger charge is 2.25. The molecule has 0 bridgehead atoms. The smallest absolute Gasteiger partial charge is 0.254 e. The van der Waals surface area contributed by atoms with Crippen LogP contribution in [-0.2, 0) is 13.0 Å². The van der Waals surface area contributed by atoms with E-state index in [-0.39, 0.29) is 11.7 Å². The molecule has 0 atom stereocenters. The molecule has 1 N–H and O–H groups in total. The summed E-state index contributed by atoms with van der Waals surface area (Å²) in [6.45, 7) is 5.19. The average Bonchev–Trinajstić information content (AvgIpc) is 2.77. The summed E-state index contributed by atoms with van der Waals surface area (Å²) in [5.41, 5.74) is 2.60. The lowest BCUT2D eigenvalue weighted by atomic mass is 10.1. The first-order chi connectivity index (χ1) is 9.54. The molecule has 0 unspecified atom stereocenters. The van der Waals surface area contributed by atoms with Crippen LogP contribution in [0.25, 0.3) is 0 Å². The van der Waals surface area contributed by atoms with Crippen LogP contribution in [0.15, 0.2) is 18.2 Å². The van der Waals surface area contributed by atoms with E-state index in [0.29, 0.717) is 18.7 Å². The molecule has 1 aromatic heterocycles. The average molecular weight is 288 g/mol. The normalized spacial score (nSPS) is 14.2. The molecule has 0 spiro atoms. The number of aryl methyl sites for hydroxylation is 2. The number of phenolic OH excluding ortho intramolecular Hbond substituents is 1. The molecule has 0 saturated heterocycles. The van der Waals surface area contributed by atoms with E-state index in [1.54, 1.807) is 29.5 Å². The third-order valence-electron chi connectivity index (χ3n) is 3.57. The maximum absolute atomic E-state index is 12.6. The molecule has 0 radical (unpaired) electrons. The van der Waals surface area contributed by atoms with Crippen molar-refractivity contribution < 1.29 is 9.90 Å². The van der Waals surface area contributed by atoms with Crippen LogP contribution in [0.5, 0.6) is 5.75 Å². The van der Waals surface area contributed by atoms with Crippen LogP contribution in [0.3, 0.4) is 0 Å². The summed E-state index contributed by atoms with van der Waals surface area (Å²) < 4.78 is 0. The molecule has 3 rings (SSSR count). The summed E-state index contributed by atoms with van der Waals surface area (Å²) in [5.74, 6) is 0.220. The number of phenols is 1. The van der Waals surface area contributed by atoms with Crippen LogP contribution < -0.4 is 0 Å². The number of aromatic nitrogens is 1. The Bertz CT molecular complexity index is 679. The Morgan fingerprint density at radius 1 is 1.40 bits per heavy atom. The first-order valence-electron chi connectivity index (χ1n) is 6.58. The van der Waals surface area contributed by atoms with E-state index in [1.165, 1.54) is 4.88 Å². The van der Waals surface area contributed by atoms with Gasteiger partial charge >= 0.3 is 0 Å². The van der Waals surface area contributed by atoms with Crippen molar-refractivity contribution in [2.75, 3.05) is 6.54 Å². The molecule has 0 fully saturated rings. The van der Waals surface area contributed by atoms with Crippen LogP contribution in [0.1, 0.15) is 31.5 Å². The lowest BCUT2D eigenvalue weighted by Crippen LogP contribution is -2.35. The van der Waals surface area contributed by atoms with Crippen LogP contribution in [-0.4, -0.2) is 27.4 Å². The second-order valence-electron chi connectivity index (χ2n) is 5.08. The van der Waals surface area contributed by atoms with Crippen molar-refractivity contribution in [3.8, 4) is 5.75 Å². The molecular weight excluding hydrogens is 272 g/mol. The Kier molecular flexibility index (Phi) is 3.22. The number of aromatic hydroxyl groups is 1. The molecule has 1 aliphatic heterocycles. The number of benzene rings is 1. The first-order valence-corrected chi connectivity index (χ1v) is 7.40. The molecule has 4 nitrogen and oxygen atoms in total. The molecule has 1 amide bonds. The van der Waals surface area contributed by atoms with Gasteiger partial charge in [-0.25, -0.2) is 4.98 Å². The van der Waals surface area contributed by atoms with Gasteiger partial charge in [-0.3, -0.25) is 4.79 Å².